The number of esters is 1. The minimum atomic E-state index is -0.402. The molecule has 0 bridgehead atoms. The summed E-state index contributed by atoms with van der Waals surface area (Å²) in [7, 11) is 1.35. The van der Waals surface area contributed by atoms with Gasteiger partial charge < -0.3 is 15.8 Å². The quantitative estimate of drug-likeness (QED) is 0.754. The smallest absolute Gasteiger partial charge is 0.341 e. The van der Waals surface area contributed by atoms with Crippen molar-refractivity contribution in [3.05, 3.63) is 23.9 Å². The molecule has 0 saturated heterocycles. The monoisotopic (exact) mass is 251 g/mol. The van der Waals surface area contributed by atoms with Crippen LogP contribution in [0.2, 0.25) is 0 Å². The number of anilines is 1. The first-order valence-corrected chi connectivity index (χ1v) is 6.12. The van der Waals surface area contributed by atoms with Crippen LogP contribution >= 0.6 is 0 Å². The molecule has 0 aliphatic carbocycles. The van der Waals surface area contributed by atoms with E-state index < -0.39 is 5.97 Å². The average Bonchev–Trinajstić information content (AvgIpc) is 2.44. The number of methoxy groups -OCH3 is 1. The molecule has 1 aromatic rings. The van der Waals surface area contributed by atoms with Crippen molar-refractivity contribution in [1.29, 1.82) is 0 Å². The number of nitrogens with zero attached hydrogens (tertiary/aromatic N) is 1. The van der Waals surface area contributed by atoms with Gasteiger partial charge in [-0.3, -0.25) is 0 Å². The van der Waals surface area contributed by atoms with E-state index in [2.05, 4.69) is 10.3 Å². The van der Waals surface area contributed by atoms with Crippen molar-refractivity contribution in [3.8, 4) is 0 Å². The van der Waals surface area contributed by atoms with Crippen LogP contribution < -0.4 is 11.1 Å². The molecular formula is C13H21N3O2. The van der Waals surface area contributed by atoms with Crippen molar-refractivity contribution in [1.82, 2.24) is 4.98 Å². The number of hydrogen-bond donors (Lipinski definition) is 2. The Kier molecular flexibility index (Phi) is 5.09. The van der Waals surface area contributed by atoms with Gasteiger partial charge in [0.1, 0.15) is 11.4 Å². The molecule has 0 unspecified atom stereocenters. The minimum absolute atomic E-state index is 0.287. The van der Waals surface area contributed by atoms with Crippen molar-refractivity contribution in [2.24, 2.45) is 5.73 Å². The Morgan fingerprint density at radius 2 is 2.17 bits per heavy atom. The Balaban J connectivity index is 2.82. The maximum Gasteiger partial charge on any atom is 0.341 e. The third-order valence-electron chi connectivity index (χ3n) is 3.23. The topological polar surface area (TPSA) is 77.2 Å². The first-order valence-electron chi connectivity index (χ1n) is 6.12. The van der Waals surface area contributed by atoms with Crippen LogP contribution in [0.25, 0.3) is 0 Å². The SMILES string of the molecule is CCC(N)(CC)CNc1ncccc1C(=O)OC. The van der Waals surface area contributed by atoms with Crippen LogP contribution in [0.15, 0.2) is 18.3 Å². The summed E-state index contributed by atoms with van der Waals surface area (Å²) in [6.45, 7) is 4.66. The number of hydrogen-bond acceptors (Lipinski definition) is 5. The number of pyridine rings is 1. The normalized spacial score (nSPS) is 11.1. The van der Waals surface area contributed by atoms with Crippen molar-refractivity contribution < 1.29 is 9.53 Å². The van der Waals surface area contributed by atoms with Gasteiger partial charge in [-0.05, 0) is 25.0 Å². The van der Waals surface area contributed by atoms with Crippen molar-refractivity contribution >= 4 is 11.8 Å². The van der Waals surface area contributed by atoms with E-state index in [0.29, 0.717) is 17.9 Å². The van der Waals surface area contributed by atoms with Crippen molar-refractivity contribution in [2.75, 3.05) is 19.0 Å². The fraction of sp³-hybridized carbons (Fsp3) is 0.538. The maximum atomic E-state index is 11.6. The number of aromatic nitrogens is 1. The van der Waals surface area contributed by atoms with Crippen LogP contribution in [0.4, 0.5) is 5.82 Å². The molecule has 1 heterocycles. The zero-order valence-electron chi connectivity index (χ0n) is 11.2. The molecule has 5 nitrogen and oxygen atoms in total. The molecule has 0 saturated carbocycles. The number of ether oxygens (including phenoxy) is 1. The third-order valence-corrected chi connectivity index (χ3v) is 3.23. The molecule has 0 fully saturated rings. The average molecular weight is 251 g/mol. The van der Waals surface area contributed by atoms with E-state index in [9.17, 15) is 4.79 Å². The number of rotatable bonds is 6. The van der Waals surface area contributed by atoms with Gasteiger partial charge in [-0.15, -0.1) is 0 Å². The predicted octanol–water partition coefficient (Wildman–Crippen LogP) is 1.80. The summed E-state index contributed by atoms with van der Waals surface area (Å²) in [5.74, 6) is 0.113. The molecular weight excluding hydrogens is 230 g/mol. The zero-order valence-corrected chi connectivity index (χ0v) is 11.2. The van der Waals surface area contributed by atoms with Gasteiger partial charge in [0.05, 0.1) is 7.11 Å². The molecule has 0 radical (unpaired) electrons. The van der Waals surface area contributed by atoms with Gasteiger partial charge >= 0.3 is 5.97 Å². The van der Waals surface area contributed by atoms with Gasteiger partial charge in [0.25, 0.3) is 0 Å². The Morgan fingerprint density at radius 1 is 1.50 bits per heavy atom. The van der Waals surface area contributed by atoms with E-state index in [4.69, 9.17) is 10.5 Å². The van der Waals surface area contributed by atoms with E-state index in [1.54, 1.807) is 18.3 Å². The van der Waals surface area contributed by atoms with Crippen LogP contribution in [0.3, 0.4) is 0 Å². The third kappa shape index (κ3) is 3.43. The van der Waals surface area contributed by atoms with E-state index in [1.807, 2.05) is 13.8 Å². The molecule has 0 spiro atoms. The highest BCUT2D eigenvalue weighted by Gasteiger charge is 2.21. The van der Waals surface area contributed by atoms with Gasteiger partial charge in [0.15, 0.2) is 0 Å². The lowest BCUT2D eigenvalue weighted by Gasteiger charge is -2.27. The van der Waals surface area contributed by atoms with E-state index in [1.165, 1.54) is 7.11 Å². The highest BCUT2D eigenvalue weighted by molar-refractivity contribution is 5.94. The van der Waals surface area contributed by atoms with Gasteiger partial charge in [-0.2, -0.15) is 0 Å². The molecule has 0 aliphatic heterocycles. The molecule has 1 aromatic heterocycles. The lowest BCUT2D eigenvalue weighted by molar-refractivity contribution is 0.0601. The molecule has 100 valence electrons. The summed E-state index contributed by atoms with van der Waals surface area (Å²) in [6, 6.07) is 3.38. The molecule has 18 heavy (non-hydrogen) atoms. The first-order chi connectivity index (χ1) is 8.56. The second kappa shape index (κ2) is 6.35. The molecule has 0 aliphatic rings. The van der Waals surface area contributed by atoms with Crippen molar-refractivity contribution in [2.45, 2.75) is 32.2 Å². The van der Waals surface area contributed by atoms with Gasteiger partial charge in [0, 0.05) is 18.3 Å². The summed E-state index contributed by atoms with van der Waals surface area (Å²) in [6.07, 6.45) is 3.35. The fourth-order valence-corrected chi connectivity index (χ4v) is 1.58. The van der Waals surface area contributed by atoms with Crippen LogP contribution in [0.5, 0.6) is 0 Å². The van der Waals surface area contributed by atoms with Crippen LogP contribution in [0.1, 0.15) is 37.0 Å². The summed E-state index contributed by atoms with van der Waals surface area (Å²) < 4.78 is 4.71. The number of nitrogens with one attached hydrogen (secondary N) is 1. The fourth-order valence-electron chi connectivity index (χ4n) is 1.58. The van der Waals surface area contributed by atoms with Crippen molar-refractivity contribution in [3.63, 3.8) is 0 Å². The van der Waals surface area contributed by atoms with Crippen LogP contribution in [-0.2, 0) is 4.74 Å². The standard InChI is InChI=1S/C13H21N3O2/c1-4-13(14,5-2)9-16-11-10(12(17)18-3)7-6-8-15-11/h6-8H,4-5,9,14H2,1-3H3,(H,15,16). The molecule has 0 atom stereocenters. The number of carbonyl (C=O) groups is 1. The molecule has 5 heteroatoms. The molecule has 0 aromatic carbocycles. The summed E-state index contributed by atoms with van der Waals surface area (Å²) >= 11 is 0. The molecule has 1 rings (SSSR count). The van der Waals surface area contributed by atoms with Crippen LogP contribution in [-0.4, -0.2) is 30.1 Å². The lowest BCUT2D eigenvalue weighted by Crippen LogP contribution is -2.45. The Labute approximate surface area is 108 Å². The summed E-state index contributed by atoms with van der Waals surface area (Å²) in [5.41, 5.74) is 6.34. The van der Waals surface area contributed by atoms with Gasteiger partial charge in [-0.25, -0.2) is 9.78 Å². The number of carbonyl (C=O) groups excluding carboxylic acids is 1. The Hall–Kier alpha value is -1.62. The number of nitrogens with two attached hydrogens (primary N) is 1. The van der Waals surface area contributed by atoms with Crippen LogP contribution in [0, 0.1) is 0 Å². The second-order valence-electron chi connectivity index (χ2n) is 4.31. The van der Waals surface area contributed by atoms with E-state index in [0.717, 1.165) is 12.8 Å². The van der Waals surface area contributed by atoms with Gasteiger partial charge in [-0.1, -0.05) is 13.8 Å². The Bertz CT molecular complexity index is 403. The lowest BCUT2D eigenvalue weighted by atomic mass is 9.94. The minimum Gasteiger partial charge on any atom is -0.465 e. The first kappa shape index (κ1) is 14.4. The summed E-state index contributed by atoms with van der Waals surface area (Å²) in [4.78, 5) is 15.7. The van der Waals surface area contributed by atoms with E-state index in [-0.39, 0.29) is 5.54 Å². The van der Waals surface area contributed by atoms with E-state index >= 15 is 0 Å². The molecule has 0 amide bonds. The maximum absolute atomic E-state index is 11.6. The predicted molar refractivity (Wildman–Crippen MR) is 71.6 cm³/mol. The summed E-state index contributed by atoms with van der Waals surface area (Å²) in [5, 5.41) is 3.13. The highest BCUT2D eigenvalue weighted by Crippen LogP contribution is 2.16. The molecule has 3 N–H and O–H groups in total. The second-order valence-corrected chi connectivity index (χ2v) is 4.31. The zero-order chi connectivity index (χ0) is 13.6. The van der Waals surface area contributed by atoms with Gasteiger partial charge in [0.2, 0.25) is 0 Å². The largest absolute Gasteiger partial charge is 0.465 e. The Morgan fingerprint density at radius 3 is 2.72 bits per heavy atom. The highest BCUT2D eigenvalue weighted by atomic mass is 16.5.